The van der Waals surface area contributed by atoms with E-state index in [1.54, 1.807) is 0 Å². The van der Waals surface area contributed by atoms with Crippen molar-refractivity contribution in [1.29, 1.82) is 0 Å². The highest BCUT2D eigenvalue weighted by Crippen LogP contribution is 2.32. The fraction of sp³-hybridized carbons (Fsp3) is 0.269. The Balaban J connectivity index is 1.93. The molecule has 0 spiro atoms. The van der Waals surface area contributed by atoms with E-state index in [0.29, 0.717) is 12.8 Å². The second-order valence-electron chi connectivity index (χ2n) is 8.02. The summed E-state index contributed by atoms with van der Waals surface area (Å²) in [4.78, 5) is 15.5. The highest BCUT2D eigenvalue weighted by Gasteiger charge is 2.28. The van der Waals surface area contributed by atoms with Crippen LogP contribution in [0.4, 0.5) is 0 Å². The number of carbonyl (C=O) groups excluding carboxylic acids is 1. The van der Waals surface area contributed by atoms with Crippen molar-refractivity contribution in [2.75, 3.05) is 0 Å². The number of carbonyl (C=O) groups is 1. The molecule has 3 aromatic rings. The fourth-order valence-corrected chi connectivity index (χ4v) is 5.12. The summed E-state index contributed by atoms with van der Waals surface area (Å²) < 4.78 is 5.98. The highest BCUT2D eigenvalue weighted by molar-refractivity contribution is 7.97. The maximum Gasteiger partial charge on any atom is 0.166 e. The molecule has 0 radical (unpaired) electrons. The molecule has 3 heteroatoms. The molecular weight excluding hydrogens is 376 g/mol. The van der Waals surface area contributed by atoms with E-state index in [4.69, 9.17) is 4.74 Å². The number of Topliss-reactive ketones (excluding diaryl/α,β-unsaturated/α-hetero) is 1. The van der Waals surface area contributed by atoms with E-state index in [0.717, 1.165) is 11.3 Å². The quantitative estimate of drug-likeness (QED) is 0.420. The molecule has 0 aliphatic heterocycles. The first-order valence-electron chi connectivity index (χ1n) is 10.0. The van der Waals surface area contributed by atoms with Crippen LogP contribution in [-0.4, -0.2) is 11.4 Å². The average Bonchev–Trinajstić information content (AvgIpc) is 2.70. The lowest BCUT2D eigenvalue weighted by atomic mass is 10.1. The Hall–Kier alpha value is -2.52. The number of ketones is 1. The van der Waals surface area contributed by atoms with E-state index in [1.165, 1.54) is 14.7 Å². The Morgan fingerprint density at radius 3 is 1.83 bits per heavy atom. The standard InChI is InChI=1S/C26H29O2S/c1-5-21(27)19-20-11-15-24(16-12-20)29(23-9-7-6-8-10-23)25-17-13-22(14-18-25)28-26(2,3)4/h6-18H,5,19H2,1-4H3/q+1. The molecule has 0 heterocycles. The number of hydrogen-bond donors (Lipinski definition) is 0. The van der Waals surface area contributed by atoms with Crippen molar-refractivity contribution in [2.45, 2.75) is 60.8 Å². The predicted molar refractivity (Wildman–Crippen MR) is 121 cm³/mol. The van der Waals surface area contributed by atoms with Crippen LogP contribution >= 0.6 is 0 Å². The van der Waals surface area contributed by atoms with E-state index < -0.39 is 0 Å². The van der Waals surface area contributed by atoms with Crippen LogP contribution in [0.5, 0.6) is 5.75 Å². The summed E-state index contributed by atoms with van der Waals surface area (Å²) in [5.41, 5.74) is 0.861. The molecule has 0 amide bonds. The van der Waals surface area contributed by atoms with E-state index in [9.17, 15) is 4.79 Å². The molecule has 1 atom stereocenters. The molecule has 0 aliphatic rings. The molecule has 0 N–H and O–H groups in total. The minimum Gasteiger partial charge on any atom is -0.488 e. The van der Waals surface area contributed by atoms with E-state index in [2.05, 4.69) is 93.6 Å². The first kappa shape index (κ1) is 21.2. The lowest BCUT2D eigenvalue weighted by Crippen LogP contribution is -2.22. The Morgan fingerprint density at radius 1 is 0.793 bits per heavy atom. The van der Waals surface area contributed by atoms with Gasteiger partial charge in [-0.15, -0.1) is 0 Å². The summed E-state index contributed by atoms with van der Waals surface area (Å²) >= 11 is 0. The van der Waals surface area contributed by atoms with Crippen molar-refractivity contribution < 1.29 is 9.53 Å². The molecule has 29 heavy (non-hydrogen) atoms. The van der Waals surface area contributed by atoms with Gasteiger partial charge in [0.1, 0.15) is 17.1 Å². The van der Waals surface area contributed by atoms with Crippen LogP contribution in [0.2, 0.25) is 0 Å². The molecule has 3 aromatic carbocycles. The molecule has 3 rings (SSSR count). The minimum atomic E-state index is -0.214. The average molecular weight is 406 g/mol. The SMILES string of the molecule is CCC(=O)Cc1ccc([S+](c2ccccc2)c2ccc(OC(C)(C)C)cc2)cc1. The maximum absolute atomic E-state index is 11.8. The Bertz CT molecular complexity index is 923. The van der Waals surface area contributed by atoms with Crippen LogP contribution in [0.1, 0.15) is 39.7 Å². The van der Waals surface area contributed by atoms with Gasteiger partial charge in [0.2, 0.25) is 0 Å². The zero-order valence-corrected chi connectivity index (χ0v) is 18.5. The summed E-state index contributed by atoms with van der Waals surface area (Å²) in [7, 11) is -0.209. The largest absolute Gasteiger partial charge is 0.488 e. The summed E-state index contributed by atoms with van der Waals surface area (Å²) in [6.07, 6.45) is 1.09. The monoisotopic (exact) mass is 405 g/mol. The van der Waals surface area contributed by atoms with Crippen molar-refractivity contribution in [3.05, 3.63) is 84.4 Å². The third-order valence-electron chi connectivity index (χ3n) is 4.42. The van der Waals surface area contributed by atoms with Gasteiger partial charge < -0.3 is 4.74 Å². The van der Waals surface area contributed by atoms with E-state index in [-0.39, 0.29) is 22.3 Å². The van der Waals surface area contributed by atoms with Crippen molar-refractivity contribution in [3.63, 3.8) is 0 Å². The van der Waals surface area contributed by atoms with Crippen LogP contribution in [0, 0.1) is 0 Å². The van der Waals surface area contributed by atoms with Crippen molar-refractivity contribution in [3.8, 4) is 5.75 Å². The third-order valence-corrected chi connectivity index (χ3v) is 6.65. The van der Waals surface area contributed by atoms with Crippen LogP contribution in [-0.2, 0) is 22.1 Å². The third kappa shape index (κ3) is 5.98. The number of benzene rings is 3. The van der Waals surface area contributed by atoms with Crippen molar-refractivity contribution in [1.82, 2.24) is 0 Å². The molecule has 0 saturated carbocycles. The number of hydrogen-bond acceptors (Lipinski definition) is 2. The van der Waals surface area contributed by atoms with Crippen LogP contribution in [0.15, 0.2) is 93.5 Å². The maximum atomic E-state index is 11.8. The Labute approximate surface area is 177 Å². The van der Waals surface area contributed by atoms with Gasteiger partial charge in [0.15, 0.2) is 14.7 Å². The lowest BCUT2D eigenvalue weighted by Gasteiger charge is -2.21. The highest BCUT2D eigenvalue weighted by atomic mass is 32.2. The van der Waals surface area contributed by atoms with Crippen molar-refractivity contribution >= 4 is 16.7 Å². The van der Waals surface area contributed by atoms with Gasteiger partial charge in [0.25, 0.3) is 0 Å². The predicted octanol–water partition coefficient (Wildman–Crippen LogP) is 6.48. The van der Waals surface area contributed by atoms with E-state index in [1.807, 2.05) is 13.0 Å². The van der Waals surface area contributed by atoms with Crippen molar-refractivity contribution in [2.24, 2.45) is 0 Å². The molecule has 150 valence electrons. The van der Waals surface area contributed by atoms with Gasteiger partial charge in [-0.25, -0.2) is 0 Å². The normalized spacial score (nSPS) is 12.4. The number of rotatable bonds is 7. The summed E-state index contributed by atoms with van der Waals surface area (Å²) in [6, 6.07) is 27.5. The summed E-state index contributed by atoms with van der Waals surface area (Å²) in [6.45, 7) is 8.08. The van der Waals surface area contributed by atoms with Gasteiger partial charge in [0.05, 0.1) is 10.9 Å². The fourth-order valence-electron chi connectivity index (χ4n) is 3.06. The summed E-state index contributed by atoms with van der Waals surface area (Å²) in [5, 5.41) is 0. The smallest absolute Gasteiger partial charge is 0.166 e. The molecular formula is C26H29O2S+. The topological polar surface area (TPSA) is 26.3 Å². The molecule has 1 unspecified atom stereocenters. The van der Waals surface area contributed by atoms with E-state index >= 15 is 0 Å². The molecule has 0 saturated heterocycles. The number of ether oxygens (including phenoxy) is 1. The Morgan fingerprint density at radius 2 is 1.31 bits per heavy atom. The zero-order valence-electron chi connectivity index (χ0n) is 17.6. The minimum absolute atomic E-state index is 0.209. The first-order valence-corrected chi connectivity index (χ1v) is 11.3. The van der Waals surface area contributed by atoms with Gasteiger partial charge in [-0.2, -0.15) is 0 Å². The molecule has 0 fully saturated rings. The molecule has 0 aliphatic carbocycles. The zero-order chi connectivity index (χ0) is 20.9. The van der Waals surface area contributed by atoms with Crippen LogP contribution in [0.25, 0.3) is 0 Å². The van der Waals surface area contributed by atoms with Crippen LogP contribution < -0.4 is 4.74 Å². The molecule has 0 bridgehead atoms. The molecule has 2 nitrogen and oxygen atoms in total. The van der Waals surface area contributed by atoms with Gasteiger partial charge in [-0.3, -0.25) is 4.79 Å². The van der Waals surface area contributed by atoms with Gasteiger partial charge in [-0.05, 0) is 74.9 Å². The van der Waals surface area contributed by atoms with Gasteiger partial charge in [-0.1, -0.05) is 37.3 Å². The second-order valence-corrected chi connectivity index (χ2v) is 10.0. The second kappa shape index (κ2) is 9.32. The van der Waals surface area contributed by atoms with Crippen LogP contribution in [0.3, 0.4) is 0 Å². The first-order chi connectivity index (χ1) is 13.9. The lowest BCUT2D eigenvalue weighted by molar-refractivity contribution is -0.118. The molecule has 0 aromatic heterocycles. The summed E-state index contributed by atoms with van der Waals surface area (Å²) in [5.74, 6) is 1.15. The van der Waals surface area contributed by atoms with Gasteiger partial charge >= 0.3 is 0 Å². The Kier molecular flexibility index (Phi) is 6.81. The van der Waals surface area contributed by atoms with Gasteiger partial charge in [0, 0.05) is 12.8 Å².